The standard InChI is InChI=1S/C19H30N2O5S/c1-14(2)6-9-16(4)20-18(22)13-26-19(23)12-21(5)27(24,25)17-10-7-15(3)8-11-17/h7-8,10-11,14,16H,6,9,12-13H2,1-5H3,(H,20,22)/t16-/m1/s1. The van der Waals surface area contributed by atoms with E-state index in [4.69, 9.17) is 4.74 Å². The molecule has 8 heteroatoms. The summed E-state index contributed by atoms with van der Waals surface area (Å²) in [5, 5.41) is 2.76. The molecule has 1 atom stereocenters. The number of esters is 1. The molecule has 1 aromatic carbocycles. The number of carbonyl (C=O) groups excluding carboxylic acids is 2. The van der Waals surface area contributed by atoms with Crippen LogP contribution >= 0.6 is 0 Å². The number of amides is 1. The Kier molecular flexibility index (Phi) is 8.92. The Morgan fingerprint density at radius 3 is 2.26 bits per heavy atom. The highest BCUT2D eigenvalue weighted by atomic mass is 32.2. The van der Waals surface area contributed by atoms with Gasteiger partial charge in [-0.25, -0.2) is 8.42 Å². The first-order chi connectivity index (χ1) is 12.5. The molecule has 0 aliphatic rings. The van der Waals surface area contributed by atoms with Crippen LogP contribution in [0.2, 0.25) is 0 Å². The molecule has 1 N–H and O–H groups in total. The second-order valence-corrected chi connectivity index (χ2v) is 9.22. The average molecular weight is 399 g/mol. The van der Waals surface area contributed by atoms with Gasteiger partial charge in [-0.05, 0) is 44.7 Å². The minimum absolute atomic E-state index is 0.0109. The second-order valence-electron chi connectivity index (χ2n) is 7.17. The Balaban J connectivity index is 2.47. The summed E-state index contributed by atoms with van der Waals surface area (Å²) in [4.78, 5) is 23.8. The molecular formula is C19H30N2O5S. The van der Waals surface area contributed by atoms with Gasteiger partial charge in [0.05, 0.1) is 4.90 Å². The van der Waals surface area contributed by atoms with Crippen LogP contribution in [0, 0.1) is 12.8 Å². The van der Waals surface area contributed by atoms with Gasteiger partial charge >= 0.3 is 5.97 Å². The van der Waals surface area contributed by atoms with Crippen LogP contribution in [-0.4, -0.2) is 50.8 Å². The van der Waals surface area contributed by atoms with Crippen LogP contribution in [-0.2, 0) is 24.3 Å². The summed E-state index contributed by atoms with van der Waals surface area (Å²) < 4.78 is 30.7. The minimum Gasteiger partial charge on any atom is -0.455 e. The molecule has 152 valence electrons. The van der Waals surface area contributed by atoms with Crippen LogP contribution in [0.25, 0.3) is 0 Å². The largest absolute Gasteiger partial charge is 0.455 e. The van der Waals surface area contributed by atoms with Gasteiger partial charge in [-0.3, -0.25) is 9.59 Å². The molecule has 0 saturated heterocycles. The zero-order valence-corrected chi connectivity index (χ0v) is 17.5. The topological polar surface area (TPSA) is 92.8 Å². The van der Waals surface area contributed by atoms with Crippen LogP contribution in [0.1, 0.15) is 39.2 Å². The van der Waals surface area contributed by atoms with E-state index in [9.17, 15) is 18.0 Å². The fourth-order valence-corrected chi connectivity index (χ4v) is 3.44. The van der Waals surface area contributed by atoms with Crippen molar-refractivity contribution in [3.05, 3.63) is 29.8 Å². The summed E-state index contributed by atoms with van der Waals surface area (Å²) in [5.74, 6) is -0.630. The molecular weight excluding hydrogens is 368 g/mol. The van der Waals surface area contributed by atoms with Gasteiger partial charge in [-0.1, -0.05) is 31.5 Å². The Hall–Kier alpha value is -1.93. The first kappa shape index (κ1) is 23.1. The number of likely N-dealkylation sites (N-methyl/N-ethyl adjacent to an activating group) is 1. The van der Waals surface area contributed by atoms with E-state index in [-0.39, 0.29) is 10.9 Å². The lowest BCUT2D eigenvalue weighted by atomic mass is 10.0. The third kappa shape index (κ3) is 8.09. The Labute approximate surface area is 162 Å². The monoisotopic (exact) mass is 398 g/mol. The van der Waals surface area contributed by atoms with E-state index >= 15 is 0 Å². The SMILES string of the molecule is Cc1ccc(S(=O)(=O)N(C)CC(=O)OCC(=O)N[C@H](C)CCC(C)C)cc1. The summed E-state index contributed by atoms with van der Waals surface area (Å²) in [7, 11) is -2.50. The van der Waals surface area contributed by atoms with E-state index in [1.807, 2.05) is 13.8 Å². The van der Waals surface area contributed by atoms with Gasteiger partial charge in [0.15, 0.2) is 6.61 Å². The molecule has 1 amide bonds. The van der Waals surface area contributed by atoms with Crippen molar-refractivity contribution in [1.82, 2.24) is 9.62 Å². The molecule has 1 rings (SSSR count). The lowest BCUT2D eigenvalue weighted by Gasteiger charge is -2.17. The molecule has 0 spiro atoms. The van der Waals surface area contributed by atoms with Crippen molar-refractivity contribution in [2.24, 2.45) is 5.92 Å². The van der Waals surface area contributed by atoms with Crippen molar-refractivity contribution in [1.29, 1.82) is 0 Å². The van der Waals surface area contributed by atoms with E-state index in [0.717, 1.165) is 22.7 Å². The summed E-state index contributed by atoms with van der Waals surface area (Å²) in [6, 6.07) is 6.33. The van der Waals surface area contributed by atoms with Crippen molar-refractivity contribution in [3.63, 3.8) is 0 Å². The van der Waals surface area contributed by atoms with E-state index < -0.39 is 35.1 Å². The van der Waals surface area contributed by atoms with Crippen molar-refractivity contribution >= 4 is 21.9 Å². The summed E-state index contributed by atoms with van der Waals surface area (Å²) in [6.07, 6.45) is 1.83. The third-order valence-electron chi connectivity index (χ3n) is 4.03. The molecule has 27 heavy (non-hydrogen) atoms. The number of ether oxygens (including phenoxy) is 1. The van der Waals surface area contributed by atoms with Crippen molar-refractivity contribution in [2.75, 3.05) is 20.2 Å². The highest BCUT2D eigenvalue weighted by molar-refractivity contribution is 7.89. The van der Waals surface area contributed by atoms with Crippen LogP contribution in [0.5, 0.6) is 0 Å². The Bertz CT molecular complexity index is 729. The van der Waals surface area contributed by atoms with Crippen LogP contribution in [0.15, 0.2) is 29.2 Å². The lowest BCUT2D eigenvalue weighted by molar-refractivity contribution is -0.148. The first-order valence-electron chi connectivity index (χ1n) is 9.00. The van der Waals surface area contributed by atoms with Gasteiger partial charge in [0.2, 0.25) is 10.0 Å². The van der Waals surface area contributed by atoms with Gasteiger partial charge in [-0.2, -0.15) is 4.31 Å². The summed E-state index contributed by atoms with van der Waals surface area (Å²) in [6.45, 7) is 7.07. The molecule has 0 unspecified atom stereocenters. The van der Waals surface area contributed by atoms with E-state index in [2.05, 4.69) is 19.2 Å². The molecule has 0 aliphatic heterocycles. The van der Waals surface area contributed by atoms with Crippen LogP contribution in [0.3, 0.4) is 0 Å². The third-order valence-corrected chi connectivity index (χ3v) is 5.85. The number of nitrogens with zero attached hydrogens (tertiary/aromatic N) is 1. The number of nitrogens with one attached hydrogen (secondary N) is 1. The number of aryl methyl sites for hydroxylation is 1. The van der Waals surface area contributed by atoms with Gasteiger partial charge in [0.1, 0.15) is 6.54 Å². The van der Waals surface area contributed by atoms with Gasteiger partial charge < -0.3 is 10.1 Å². The molecule has 0 aromatic heterocycles. The number of benzene rings is 1. The maximum atomic E-state index is 12.4. The Morgan fingerprint density at radius 1 is 1.11 bits per heavy atom. The zero-order valence-electron chi connectivity index (χ0n) is 16.7. The fourth-order valence-electron chi connectivity index (χ4n) is 2.32. The first-order valence-corrected chi connectivity index (χ1v) is 10.4. The van der Waals surface area contributed by atoms with Crippen molar-refractivity contribution in [2.45, 2.75) is 51.5 Å². The van der Waals surface area contributed by atoms with Crippen molar-refractivity contribution < 1.29 is 22.7 Å². The predicted molar refractivity (Wildman–Crippen MR) is 104 cm³/mol. The van der Waals surface area contributed by atoms with Gasteiger partial charge in [0.25, 0.3) is 5.91 Å². The second kappa shape index (κ2) is 10.4. The van der Waals surface area contributed by atoms with Gasteiger partial charge in [0, 0.05) is 13.1 Å². The minimum atomic E-state index is -3.79. The number of rotatable bonds is 10. The fraction of sp³-hybridized carbons (Fsp3) is 0.579. The van der Waals surface area contributed by atoms with Crippen LogP contribution < -0.4 is 5.32 Å². The quantitative estimate of drug-likeness (QED) is 0.609. The highest BCUT2D eigenvalue weighted by Gasteiger charge is 2.23. The van der Waals surface area contributed by atoms with Crippen LogP contribution in [0.4, 0.5) is 0 Å². The number of carbonyl (C=O) groups is 2. The molecule has 7 nitrogen and oxygen atoms in total. The number of hydrogen-bond acceptors (Lipinski definition) is 5. The summed E-state index contributed by atoms with van der Waals surface area (Å²) >= 11 is 0. The maximum Gasteiger partial charge on any atom is 0.321 e. The molecule has 0 aliphatic carbocycles. The van der Waals surface area contributed by atoms with E-state index in [1.54, 1.807) is 12.1 Å². The molecule has 0 heterocycles. The molecule has 0 saturated carbocycles. The lowest BCUT2D eigenvalue weighted by Crippen LogP contribution is -2.38. The molecule has 0 fully saturated rings. The molecule has 1 aromatic rings. The van der Waals surface area contributed by atoms with E-state index in [0.29, 0.717) is 5.92 Å². The zero-order chi connectivity index (χ0) is 20.6. The highest BCUT2D eigenvalue weighted by Crippen LogP contribution is 2.14. The van der Waals surface area contributed by atoms with E-state index in [1.165, 1.54) is 19.2 Å². The normalized spacial score (nSPS) is 12.9. The van der Waals surface area contributed by atoms with Gasteiger partial charge in [-0.15, -0.1) is 0 Å². The average Bonchev–Trinajstić information content (AvgIpc) is 2.58. The Morgan fingerprint density at radius 2 is 1.70 bits per heavy atom. The van der Waals surface area contributed by atoms with Crippen molar-refractivity contribution in [3.8, 4) is 0 Å². The predicted octanol–water partition coefficient (Wildman–Crippen LogP) is 2.10. The molecule has 0 radical (unpaired) electrons. The molecule has 0 bridgehead atoms. The summed E-state index contributed by atoms with van der Waals surface area (Å²) in [5.41, 5.74) is 0.935. The number of hydrogen-bond donors (Lipinski definition) is 1. The smallest absolute Gasteiger partial charge is 0.321 e. The number of sulfonamides is 1. The maximum absolute atomic E-state index is 12.4.